The number of nitrogens with two attached hydrogens (primary N) is 1. The first-order chi connectivity index (χ1) is 21.1. The fraction of sp³-hybridized carbons (Fsp3) is 0.467. The van der Waals surface area contributed by atoms with E-state index >= 15 is 0 Å². The van der Waals surface area contributed by atoms with E-state index < -0.39 is 11.7 Å². The number of anilines is 3. The zero-order valence-corrected chi connectivity index (χ0v) is 26.1. The Morgan fingerprint density at radius 2 is 1.86 bits per heavy atom. The Hall–Kier alpha value is -3.78. The molecule has 3 heterocycles. The van der Waals surface area contributed by atoms with E-state index in [0.29, 0.717) is 17.9 Å². The van der Waals surface area contributed by atoms with Gasteiger partial charge >= 0.3 is 0 Å². The highest BCUT2D eigenvalue weighted by molar-refractivity contribution is 6.35. The van der Waals surface area contributed by atoms with E-state index in [1.807, 2.05) is 12.1 Å². The summed E-state index contributed by atoms with van der Waals surface area (Å²) in [6.45, 7) is 9.54. The normalized spacial score (nSPS) is 16.2. The van der Waals surface area contributed by atoms with E-state index in [2.05, 4.69) is 37.4 Å². The molecule has 2 fully saturated rings. The maximum absolute atomic E-state index is 14.3. The van der Waals surface area contributed by atoms with Crippen molar-refractivity contribution in [1.29, 1.82) is 0 Å². The third-order valence-corrected chi connectivity index (χ3v) is 8.65. The minimum atomic E-state index is -0.647. The van der Waals surface area contributed by atoms with Gasteiger partial charge in [-0.2, -0.15) is 0 Å². The average Bonchev–Trinajstić information content (AvgIpc) is 3.53. The molecule has 12 nitrogen and oxygen atoms in total. The Morgan fingerprint density at radius 1 is 1.14 bits per heavy atom. The lowest BCUT2D eigenvalue weighted by Gasteiger charge is -2.35. The second-order valence-electron chi connectivity index (χ2n) is 11.3. The van der Waals surface area contributed by atoms with Crippen LogP contribution in [0.25, 0.3) is 5.69 Å². The molecule has 0 unspecified atom stereocenters. The van der Waals surface area contributed by atoms with Gasteiger partial charge in [0.1, 0.15) is 0 Å². The van der Waals surface area contributed by atoms with Gasteiger partial charge in [-0.05, 0) is 44.7 Å². The Bertz CT molecular complexity index is 1500. The van der Waals surface area contributed by atoms with Crippen molar-refractivity contribution in [2.24, 2.45) is 0 Å². The number of hydrogen-bond acceptors (Lipinski definition) is 9. The summed E-state index contributed by atoms with van der Waals surface area (Å²) in [5.74, 6) is -1.39. The number of carbonyl (C=O) groups is 2. The smallest absolute Gasteiger partial charge is 0.275 e. The summed E-state index contributed by atoms with van der Waals surface area (Å²) in [7, 11) is 3.83. The molecule has 44 heavy (non-hydrogen) atoms. The zero-order chi connectivity index (χ0) is 31.4. The van der Waals surface area contributed by atoms with Crippen LogP contribution in [0.3, 0.4) is 0 Å². The number of ether oxygens (including phenoxy) is 1. The number of benzene rings is 2. The van der Waals surface area contributed by atoms with Gasteiger partial charge < -0.3 is 30.5 Å². The highest BCUT2D eigenvalue weighted by atomic mass is 35.5. The number of likely N-dealkylation sites (N-methyl/N-ethyl adjacent to an activating group) is 1. The van der Waals surface area contributed by atoms with E-state index in [9.17, 15) is 14.0 Å². The molecule has 0 radical (unpaired) electrons. The minimum absolute atomic E-state index is 0.00000260. The van der Waals surface area contributed by atoms with Crippen molar-refractivity contribution in [1.82, 2.24) is 29.7 Å². The maximum atomic E-state index is 14.3. The van der Waals surface area contributed by atoms with Crippen LogP contribution in [0.1, 0.15) is 32.8 Å². The summed E-state index contributed by atoms with van der Waals surface area (Å²) >= 11 is 6.35. The Morgan fingerprint density at radius 3 is 2.59 bits per heavy atom. The fourth-order valence-electron chi connectivity index (χ4n) is 5.38. The first-order valence-electron chi connectivity index (χ1n) is 14.7. The number of hydrogen-bond donors (Lipinski definition) is 2. The Balaban J connectivity index is 1.35. The minimum Gasteiger partial charge on any atom is -0.396 e. The summed E-state index contributed by atoms with van der Waals surface area (Å²) in [5, 5.41) is 11.3. The first kappa shape index (κ1) is 31.6. The summed E-state index contributed by atoms with van der Waals surface area (Å²) in [6, 6.07) is 6.79. The first-order valence-corrected chi connectivity index (χ1v) is 15.1. The summed E-state index contributed by atoms with van der Waals surface area (Å²) in [6.07, 6.45) is 2.43. The van der Waals surface area contributed by atoms with Crippen LogP contribution in [0, 0.1) is 12.7 Å². The van der Waals surface area contributed by atoms with E-state index in [1.54, 1.807) is 24.2 Å². The molecule has 2 saturated heterocycles. The molecule has 14 heteroatoms. The van der Waals surface area contributed by atoms with Gasteiger partial charge in [-0.25, -0.2) is 9.07 Å². The van der Waals surface area contributed by atoms with Crippen LogP contribution >= 0.6 is 11.6 Å². The summed E-state index contributed by atoms with van der Waals surface area (Å²) in [4.78, 5) is 35.0. The number of nitrogens with zero attached hydrogens (tertiary/aromatic N) is 7. The highest BCUT2D eigenvalue weighted by Gasteiger charge is 2.23. The van der Waals surface area contributed by atoms with Crippen LogP contribution in [0.4, 0.5) is 21.5 Å². The molecule has 5 rings (SSSR count). The lowest BCUT2D eigenvalue weighted by molar-refractivity contribution is 0.0361. The van der Waals surface area contributed by atoms with Crippen molar-refractivity contribution in [3.8, 4) is 5.69 Å². The van der Waals surface area contributed by atoms with Gasteiger partial charge in [0.15, 0.2) is 11.5 Å². The topological polar surface area (TPSA) is 125 Å². The number of morpholine rings is 1. The molecule has 2 amide bonds. The van der Waals surface area contributed by atoms with Crippen LogP contribution in [-0.2, 0) is 4.74 Å². The molecule has 0 atom stereocenters. The van der Waals surface area contributed by atoms with Crippen LogP contribution in [0.2, 0.25) is 5.02 Å². The third-order valence-electron chi connectivity index (χ3n) is 8.16. The number of rotatable bonds is 9. The lowest BCUT2D eigenvalue weighted by Crippen LogP contribution is -2.44. The zero-order valence-electron chi connectivity index (χ0n) is 25.4. The second-order valence-corrected chi connectivity index (χ2v) is 11.7. The summed E-state index contributed by atoms with van der Waals surface area (Å²) in [5.41, 5.74) is 7.97. The van der Waals surface area contributed by atoms with Gasteiger partial charge in [-0.3, -0.25) is 14.5 Å². The number of halogens is 2. The molecule has 3 aromatic rings. The van der Waals surface area contributed by atoms with Crippen molar-refractivity contribution < 1.29 is 18.7 Å². The molecule has 0 bridgehead atoms. The predicted molar refractivity (Wildman–Crippen MR) is 168 cm³/mol. The highest BCUT2D eigenvalue weighted by Crippen LogP contribution is 2.32. The number of amides is 2. The molecule has 1 aromatic heterocycles. The van der Waals surface area contributed by atoms with Gasteiger partial charge in [-0.15, -0.1) is 5.10 Å². The number of aromatic nitrogens is 3. The van der Waals surface area contributed by atoms with Crippen LogP contribution < -0.4 is 16.0 Å². The number of nitrogen functional groups attached to an aromatic ring is 1. The van der Waals surface area contributed by atoms with Crippen LogP contribution in [0.5, 0.6) is 0 Å². The van der Waals surface area contributed by atoms with Crippen LogP contribution in [0.15, 0.2) is 30.5 Å². The van der Waals surface area contributed by atoms with Crippen molar-refractivity contribution in [3.63, 3.8) is 0 Å². The second kappa shape index (κ2) is 13.9. The molecule has 0 spiro atoms. The SMILES string of the molecule is Cc1c(F)c(N)cc(C(=O)Nc2cc(-n3cc(C(=O)N(C)CCCN4CCOCC4)nn3)ccc2N2CCN(C)CC2)c1Cl. The number of nitrogens with one attached hydrogen (secondary N) is 1. The van der Waals surface area contributed by atoms with Gasteiger partial charge in [0.2, 0.25) is 0 Å². The van der Waals surface area contributed by atoms with Crippen LogP contribution in [-0.4, -0.2) is 121 Å². The van der Waals surface area contributed by atoms with Crippen molar-refractivity contribution >= 4 is 40.5 Å². The molecule has 3 N–H and O–H groups in total. The van der Waals surface area contributed by atoms with Gasteiger partial charge in [0.05, 0.1) is 52.7 Å². The van der Waals surface area contributed by atoms with Crippen molar-refractivity contribution in [3.05, 3.63) is 58.1 Å². The molecule has 0 aliphatic carbocycles. The standard InChI is InChI=1S/C30H39ClFN9O3/c1-20-27(31)22(18-23(33)28(20)32)29(42)34-24-17-21(5-6-26(24)40-11-9-37(2)10-12-40)41-19-25(35-36-41)30(43)38(3)7-4-8-39-13-15-44-16-14-39/h5-6,17-19H,4,7-16,33H2,1-3H3,(H,34,42). The summed E-state index contributed by atoms with van der Waals surface area (Å²) < 4.78 is 21.2. The molecule has 2 aromatic carbocycles. The largest absolute Gasteiger partial charge is 0.396 e. The quantitative estimate of drug-likeness (QED) is 0.345. The lowest BCUT2D eigenvalue weighted by atomic mass is 10.1. The fourth-order valence-corrected chi connectivity index (χ4v) is 5.61. The van der Waals surface area contributed by atoms with Gasteiger partial charge in [-0.1, -0.05) is 16.8 Å². The molecule has 236 valence electrons. The molecule has 2 aliphatic heterocycles. The monoisotopic (exact) mass is 627 g/mol. The Kier molecular flexibility index (Phi) is 9.99. The van der Waals surface area contributed by atoms with E-state index in [-0.39, 0.29) is 33.4 Å². The van der Waals surface area contributed by atoms with Gasteiger partial charge in [0.25, 0.3) is 11.8 Å². The van der Waals surface area contributed by atoms with Crippen molar-refractivity contribution in [2.45, 2.75) is 13.3 Å². The number of piperazine rings is 1. The molecule has 2 aliphatic rings. The average molecular weight is 628 g/mol. The third kappa shape index (κ3) is 7.12. The van der Waals surface area contributed by atoms with Gasteiger partial charge in [0, 0.05) is 65.0 Å². The van der Waals surface area contributed by atoms with E-state index in [1.165, 1.54) is 17.7 Å². The number of carbonyl (C=O) groups excluding carboxylic acids is 2. The Labute approximate surface area is 261 Å². The van der Waals surface area contributed by atoms with E-state index in [0.717, 1.165) is 71.1 Å². The van der Waals surface area contributed by atoms with Crippen molar-refractivity contribution in [2.75, 3.05) is 95.6 Å². The predicted octanol–water partition coefficient (Wildman–Crippen LogP) is 2.75. The molecular weight excluding hydrogens is 589 g/mol. The molecule has 0 saturated carbocycles. The van der Waals surface area contributed by atoms with E-state index in [4.69, 9.17) is 22.1 Å². The molecular formula is C30H39ClFN9O3. The maximum Gasteiger partial charge on any atom is 0.275 e.